The van der Waals surface area contributed by atoms with Crippen LogP contribution < -0.4 is 0 Å². The zero-order chi connectivity index (χ0) is 17.8. The third kappa shape index (κ3) is 1.48. The molecule has 5 aliphatic rings. The molecule has 1 saturated heterocycles. The lowest BCUT2D eigenvalue weighted by Crippen LogP contribution is -2.56. The van der Waals surface area contributed by atoms with E-state index < -0.39 is 23.0 Å². The number of hydrogen-bond donors (Lipinski definition) is 1. The van der Waals surface area contributed by atoms with Crippen LogP contribution in [-0.2, 0) is 19.1 Å². The average Bonchev–Trinajstić information content (AvgIpc) is 3.05. The van der Waals surface area contributed by atoms with Crippen LogP contribution in [0.4, 0.5) is 0 Å². The lowest BCUT2D eigenvalue weighted by atomic mass is 9.59. The predicted molar refractivity (Wildman–Crippen MR) is 88.2 cm³/mol. The standard InChI is InChI=1S/C20H26O5/c1-10-8-19-9-11(10)4-5-12(19)20-13(21)6-7-18(2,17(23)25-20)15(20)14(19)16(22)24-3/h11-15,21H,1,4-9H2,2-3H3/t11-,12-,13-,14-,15-,18-,19+,20+/m1/s1. The van der Waals surface area contributed by atoms with Crippen molar-refractivity contribution in [2.24, 2.45) is 34.5 Å². The van der Waals surface area contributed by atoms with Crippen LogP contribution in [0, 0.1) is 34.5 Å². The van der Waals surface area contributed by atoms with Crippen molar-refractivity contribution in [1.82, 2.24) is 0 Å². The number of ether oxygens (including phenoxy) is 2. The maximum Gasteiger partial charge on any atom is 0.312 e. The maximum absolute atomic E-state index is 13.0. The van der Waals surface area contributed by atoms with Gasteiger partial charge in [-0.2, -0.15) is 0 Å². The number of carbonyl (C=O) groups is 2. The van der Waals surface area contributed by atoms with Crippen molar-refractivity contribution in [1.29, 1.82) is 0 Å². The Bertz CT molecular complexity index is 700. The number of aliphatic hydroxyl groups is 1. The van der Waals surface area contributed by atoms with E-state index in [1.807, 2.05) is 6.92 Å². The van der Waals surface area contributed by atoms with Gasteiger partial charge in [0.25, 0.3) is 0 Å². The van der Waals surface area contributed by atoms with Gasteiger partial charge in [0.15, 0.2) is 0 Å². The summed E-state index contributed by atoms with van der Waals surface area (Å²) < 4.78 is 11.3. The number of hydrogen-bond acceptors (Lipinski definition) is 5. The van der Waals surface area contributed by atoms with Crippen molar-refractivity contribution in [3.05, 3.63) is 12.2 Å². The van der Waals surface area contributed by atoms with Crippen molar-refractivity contribution in [3.63, 3.8) is 0 Å². The van der Waals surface area contributed by atoms with Crippen LogP contribution >= 0.6 is 0 Å². The molecule has 0 aromatic carbocycles. The van der Waals surface area contributed by atoms with E-state index in [-0.39, 0.29) is 29.2 Å². The molecule has 1 heterocycles. The smallest absolute Gasteiger partial charge is 0.312 e. The second-order valence-corrected chi connectivity index (χ2v) is 9.29. The summed E-state index contributed by atoms with van der Waals surface area (Å²) in [5, 5.41) is 11.0. The molecule has 0 aromatic heterocycles. The highest BCUT2D eigenvalue weighted by Gasteiger charge is 2.83. The largest absolute Gasteiger partial charge is 0.469 e. The number of methoxy groups -OCH3 is 1. The summed E-state index contributed by atoms with van der Waals surface area (Å²) in [7, 11) is 1.43. The van der Waals surface area contributed by atoms with Crippen LogP contribution in [0.15, 0.2) is 12.2 Å². The third-order valence-corrected chi connectivity index (χ3v) is 8.58. The van der Waals surface area contributed by atoms with Gasteiger partial charge in [-0.15, -0.1) is 0 Å². The molecule has 1 spiro atoms. The second kappa shape index (κ2) is 4.48. The fraction of sp³-hybridized carbons (Fsp3) is 0.800. The number of rotatable bonds is 1. The Balaban J connectivity index is 1.76. The minimum atomic E-state index is -0.918. The Kier molecular flexibility index (Phi) is 2.84. The highest BCUT2D eigenvalue weighted by molar-refractivity contribution is 5.85. The first kappa shape index (κ1) is 15.9. The summed E-state index contributed by atoms with van der Waals surface area (Å²) in [5.41, 5.74) is -0.680. The molecule has 4 saturated carbocycles. The van der Waals surface area contributed by atoms with Crippen LogP contribution in [-0.4, -0.2) is 35.9 Å². The summed E-state index contributed by atoms with van der Waals surface area (Å²) in [6.07, 6.45) is 4.03. The van der Waals surface area contributed by atoms with Gasteiger partial charge in [-0.05, 0) is 56.8 Å². The van der Waals surface area contributed by atoms with Gasteiger partial charge in [0, 0.05) is 11.8 Å². The van der Waals surface area contributed by atoms with E-state index in [4.69, 9.17) is 9.47 Å². The molecule has 0 amide bonds. The minimum absolute atomic E-state index is 0.0191. The van der Waals surface area contributed by atoms with Gasteiger partial charge in [0.1, 0.15) is 5.60 Å². The highest BCUT2D eigenvalue weighted by Crippen LogP contribution is 2.77. The van der Waals surface area contributed by atoms with E-state index in [0.717, 1.165) is 25.7 Å². The molecule has 1 N–H and O–H groups in total. The molecule has 25 heavy (non-hydrogen) atoms. The third-order valence-electron chi connectivity index (χ3n) is 8.58. The highest BCUT2D eigenvalue weighted by atomic mass is 16.6. The zero-order valence-electron chi connectivity index (χ0n) is 14.9. The maximum atomic E-state index is 13.0. The van der Waals surface area contributed by atoms with Gasteiger partial charge in [0.05, 0.1) is 24.5 Å². The fourth-order valence-electron chi connectivity index (χ4n) is 7.74. The minimum Gasteiger partial charge on any atom is -0.469 e. The molecule has 1 aliphatic heterocycles. The van der Waals surface area contributed by atoms with Gasteiger partial charge in [-0.1, -0.05) is 12.2 Å². The number of esters is 2. The second-order valence-electron chi connectivity index (χ2n) is 9.29. The summed E-state index contributed by atoms with van der Waals surface area (Å²) in [6.45, 7) is 6.21. The van der Waals surface area contributed by atoms with Gasteiger partial charge >= 0.3 is 11.9 Å². The van der Waals surface area contributed by atoms with Crippen LogP contribution in [0.2, 0.25) is 0 Å². The molecule has 136 valence electrons. The van der Waals surface area contributed by atoms with Crippen LogP contribution in [0.1, 0.15) is 45.4 Å². The van der Waals surface area contributed by atoms with Crippen LogP contribution in [0.25, 0.3) is 0 Å². The monoisotopic (exact) mass is 346 g/mol. The van der Waals surface area contributed by atoms with E-state index in [0.29, 0.717) is 18.8 Å². The van der Waals surface area contributed by atoms with E-state index in [1.165, 1.54) is 12.7 Å². The predicted octanol–water partition coefficient (Wildman–Crippen LogP) is 2.22. The molecule has 4 bridgehead atoms. The van der Waals surface area contributed by atoms with E-state index in [2.05, 4.69) is 6.58 Å². The zero-order valence-corrected chi connectivity index (χ0v) is 14.9. The Hall–Kier alpha value is -1.36. The van der Waals surface area contributed by atoms with E-state index in [9.17, 15) is 14.7 Å². The normalized spacial score (nSPS) is 55.6. The average molecular weight is 346 g/mol. The van der Waals surface area contributed by atoms with Gasteiger partial charge in [-0.25, -0.2) is 0 Å². The van der Waals surface area contributed by atoms with Gasteiger partial charge < -0.3 is 14.6 Å². The van der Waals surface area contributed by atoms with E-state index >= 15 is 0 Å². The first-order chi connectivity index (χ1) is 11.8. The molecule has 5 fully saturated rings. The van der Waals surface area contributed by atoms with Gasteiger partial charge in [0.2, 0.25) is 0 Å². The fourth-order valence-corrected chi connectivity index (χ4v) is 7.74. The van der Waals surface area contributed by atoms with Crippen molar-refractivity contribution >= 4 is 11.9 Å². The number of fused-ring (bicyclic) bond motifs is 1. The first-order valence-corrected chi connectivity index (χ1v) is 9.48. The summed E-state index contributed by atoms with van der Waals surface area (Å²) >= 11 is 0. The number of carbonyl (C=O) groups excluding carboxylic acids is 2. The first-order valence-electron chi connectivity index (χ1n) is 9.48. The topological polar surface area (TPSA) is 72.8 Å². The molecular formula is C20H26O5. The number of aliphatic hydroxyl groups excluding tert-OH is 1. The Morgan fingerprint density at radius 3 is 2.84 bits per heavy atom. The molecular weight excluding hydrogens is 320 g/mol. The Morgan fingerprint density at radius 1 is 1.36 bits per heavy atom. The van der Waals surface area contributed by atoms with Crippen molar-refractivity contribution < 1.29 is 24.2 Å². The SMILES string of the molecule is C=C1C[C@]23C[C@H]1CC[C@H]2[C@]12OC(=O)[C@](C)(CC[C@H]1O)[C@H]2[C@@H]3C(=O)OC. The molecule has 5 rings (SSSR count). The molecule has 5 heteroatoms. The molecule has 8 atom stereocenters. The van der Waals surface area contributed by atoms with Crippen molar-refractivity contribution in [3.8, 4) is 0 Å². The van der Waals surface area contributed by atoms with Crippen LogP contribution in [0.3, 0.4) is 0 Å². The molecule has 0 aromatic rings. The summed E-state index contributed by atoms with van der Waals surface area (Å²) in [5.74, 6) is -0.707. The lowest BCUT2D eigenvalue weighted by Gasteiger charge is -2.46. The lowest BCUT2D eigenvalue weighted by molar-refractivity contribution is -0.175. The van der Waals surface area contributed by atoms with Gasteiger partial charge in [-0.3, -0.25) is 9.59 Å². The quantitative estimate of drug-likeness (QED) is 0.582. The molecule has 0 radical (unpaired) electrons. The Labute approximate surface area is 147 Å². The molecule has 4 aliphatic carbocycles. The van der Waals surface area contributed by atoms with Crippen molar-refractivity contribution in [2.75, 3.05) is 7.11 Å². The van der Waals surface area contributed by atoms with E-state index in [1.54, 1.807) is 0 Å². The van der Waals surface area contributed by atoms with Crippen molar-refractivity contribution in [2.45, 2.75) is 57.2 Å². The van der Waals surface area contributed by atoms with Crippen LogP contribution in [0.5, 0.6) is 0 Å². The molecule has 5 nitrogen and oxygen atoms in total. The summed E-state index contributed by atoms with van der Waals surface area (Å²) in [6, 6.07) is 0. The molecule has 0 unspecified atom stereocenters. The number of allylic oxidation sites excluding steroid dienone is 1. The Morgan fingerprint density at radius 2 is 2.12 bits per heavy atom. The summed E-state index contributed by atoms with van der Waals surface area (Å²) in [4.78, 5) is 25.8.